The van der Waals surface area contributed by atoms with Crippen LogP contribution in [-0.4, -0.2) is 28.3 Å². The monoisotopic (exact) mass is 155 g/mol. The zero-order chi connectivity index (χ0) is 7.94. The molecule has 0 aliphatic rings. The van der Waals surface area contributed by atoms with Gasteiger partial charge in [0.2, 0.25) is 0 Å². The van der Waals surface area contributed by atoms with Crippen LogP contribution < -0.4 is 11.1 Å². The van der Waals surface area contributed by atoms with Crippen molar-refractivity contribution in [1.82, 2.24) is 20.5 Å². The van der Waals surface area contributed by atoms with Crippen molar-refractivity contribution >= 4 is 0 Å². The third-order valence-electron chi connectivity index (χ3n) is 1.32. The van der Waals surface area contributed by atoms with Crippen LogP contribution in [0.3, 0.4) is 0 Å². The summed E-state index contributed by atoms with van der Waals surface area (Å²) in [5, 5.41) is 9.65. The minimum Gasteiger partial charge on any atom is -0.330 e. The molecule has 0 saturated carbocycles. The summed E-state index contributed by atoms with van der Waals surface area (Å²) in [6.45, 7) is 2.39. The molecule has 0 unspecified atom stereocenters. The molecule has 1 heterocycles. The number of hydrogen-bond acceptors (Lipinski definition) is 4. The summed E-state index contributed by atoms with van der Waals surface area (Å²) in [5.41, 5.74) is 5.31. The summed E-state index contributed by atoms with van der Waals surface area (Å²) in [5.74, 6) is 0.863. The van der Waals surface area contributed by atoms with Crippen molar-refractivity contribution in [3.63, 3.8) is 0 Å². The van der Waals surface area contributed by atoms with E-state index in [-0.39, 0.29) is 0 Å². The molecule has 1 rings (SSSR count). The zero-order valence-corrected chi connectivity index (χ0v) is 6.38. The smallest absolute Gasteiger partial charge is 0.138 e. The van der Waals surface area contributed by atoms with Crippen LogP contribution >= 0.6 is 0 Å². The van der Waals surface area contributed by atoms with E-state index in [0.29, 0.717) is 0 Å². The van der Waals surface area contributed by atoms with E-state index in [1.54, 1.807) is 0 Å². The van der Waals surface area contributed by atoms with Gasteiger partial charge in [-0.15, -0.1) is 0 Å². The van der Waals surface area contributed by atoms with E-state index in [1.165, 1.54) is 6.33 Å². The Morgan fingerprint density at radius 3 is 3.18 bits per heavy atom. The standard InChI is InChI=1S/C6H13N5/c7-2-1-3-8-4-6-9-5-10-11-6/h5,8H,1-4,7H2,(H,9,10,11). The number of aromatic amines is 1. The molecule has 0 atom stereocenters. The van der Waals surface area contributed by atoms with Gasteiger partial charge in [0.25, 0.3) is 0 Å². The summed E-state index contributed by atoms with van der Waals surface area (Å²) in [7, 11) is 0. The van der Waals surface area contributed by atoms with Gasteiger partial charge in [0, 0.05) is 0 Å². The quantitative estimate of drug-likeness (QED) is 0.488. The third-order valence-corrected chi connectivity index (χ3v) is 1.32. The largest absolute Gasteiger partial charge is 0.330 e. The van der Waals surface area contributed by atoms with Crippen LogP contribution in [0.25, 0.3) is 0 Å². The molecule has 0 radical (unpaired) electrons. The van der Waals surface area contributed by atoms with Crippen molar-refractivity contribution in [1.29, 1.82) is 0 Å². The maximum absolute atomic E-state index is 5.31. The Hall–Kier alpha value is -0.940. The molecule has 5 heteroatoms. The molecule has 0 fully saturated rings. The van der Waals surface area contributed by atoms with Crippen molar-refractivity contribution in [3.8, 4) is 0 Å². The van der Waals surface area contributed by atoms with Gasteiger partial charge in [-0.3, -0.25) is 5.10 Å². The van der Waals surface area contributed by atoms with Crippen molar-refractivity contribution in [2.75, 3.05) is 13.1 Å². The van der Waals surface area contributed by atoms with E-state index in [9.17, 15) is 0 Å². The molecular formula is C6H13N5. The highest BCUT2D eigenvalue weighted by Crippen LogP contribution is 1.82. The Morgan fingerprint density at radius 1 is 1.64 bits per heavy atom. The lowest BCUT2D eigenvalue weighted by Gasteiger charge is -1.98. The number of nitrogens with one attached hydrogen (secondary N) is 2. The molecule has 4 N–H and O–H groups in total. The maximum Gasteiger partial charge on any atom is 0.138 e. The van der Waals surface area contributed by atoms with Crippen molar-refractivity contribution in [2.45, 2.75) is 13.0 Å². The van der Waals surface area contributed by atoms with Crippen molar-refractivity contribution in [3.05, 3.63) is 12.2 Å². The molecule has 11 heavy (non-hydrogen) atoms. The Bertz CT molecular complexity index is 171. The number of rotatable bonds is 5. The minimum absolute atomic E-state index is 0.726. The van der Waals surface area contributed by atoms with Crippen molar-refractivity contribution in [2.24, 2.45) is 5.73 Å². The van der Waals surface area contributed by atoms with Crippen LogP contribution in [0, 0.1) is 0 Å². The molecule has 5 nitrogen and oxygen atoms in total. The predicted molar refractivity (Wildman–Crippen MR) is 41.8 cm³/mol. The third kappa shape index (κ3) is 3.10. The van der Waals surface area contributed by atoms with Gasteiger partial charge in [-0.25, -0.2) is 4.98 Å². The first-order valence-corrected chi connectivity index (χ1v) is 3.68. The second-order valence-corrected chi connectivity index (χ2v) is 2.25. The first-order valence-electron chi connectivity index (χ1n) is 3.68. The highest BCUT2D eigenvalue weighted by molar-refractivity contribution is 4.77. The average Bonchev–Trinajstić information content (AvgIpc) is 2.50. The topological polar surface area (TPSA) is 79.6 Å². The van der Waals surface area contributed by atoms with Crippen LogP contribution in [0.15, 0.2) is 6.33 Å². The van der Waals surface area contributed by atoms with E-state index >= 15 is 0 Å². The molecule has 0 amide bonds. The van der Waals surface area contributed by atoms with Crippen LogP contribution in [0.5, 0.6) is 0 Å². The number of H-pyrrole nitrogens is 1. The van der Waals surface area contributed by atoms with Gasteiger partial charge >= 0.3 is 0 Å². The fourth-order valence-electron chi connectivity index (χ4n) is 0.750. The molecule has 0 aliphatic heterocycles. The average molecular weight is 155 g/mol. The Morgan fingerprint density at radius 2 is 2.55 bits per heavy atom. The van der Waals surface area contributed by atoms with Gasteiger partial charge in [0.05, 0.1) is 6.54 Å². The van der Waals surface area contributed by atoms with E-state index in [4.69, 9.17) is 5.73 Å². The second kappa shape index (κ2) is 4.81. The minimum atomic E-state index is 0.726. The molecule has 0 spiro atoms. The van der Waals surface area contributed by atoms with E-state index in [2.05, 4.69) is 20.5 Å². The SMILES string of the molecule is NCCCNCc1ncn[nH]1. The van der Waals surface area contributed by atoms with Crippen LogP contribution in [0.1, 0.15) is 12.2 Å². The number of aromatic nitrogens is 3. The fourth-order valence-corrected chi connectivity index (χ4v) is 0.750. The molecule has 0 aliphatic carbocycles. The van der Waals surface area contributed by atoms with Crippen molar-refractivity contribution < 1.29 is 0 Å². The van der Waals surface area contributed by atoms with E-state index in [0.717, 1.165) is 31.9 Å². The second-order valence-electron chi connectivity index (χ2n) is 2.25. The molecule has 62 valence electrons. The summed E-state index contributed by atoms with van der Waals surface area (Å²) in [6, 6.07) is 0. The summed E-state index contributed by atoms with van der Waals surface area (Å²) in [4.78, 5) is 3.95. The Kier molecular flexibility index (Phi) is 3.57. The first kappa shape index (κ1) is 8.16. The molecule has 0 bridgehead atoms. The summed E-state index contributed by atoms with van der Waals surface area (Å²) >= 11 is 0. The van der Waals surface area contributed by atoms with Gasteiger partial charge in [0.1, 0.15) is 12.2 Å². The number of nitrogens with zero attached hydrogens (tertiary/aromatic N) is 2. The Balaban J connectivity index is 2.04. The van der Waals surface area contributed by atoms with Gasteiger partial charge in [-0.05, 0) is 19.5 Å². The maximum atomic E-state index is 5.31. The number of nitrogens with two attached hydrogens (primary N) is 1. The van der Waals surface area contributed by atoms with Crippen LogP contribution in [-0.2, 0) is 6.54 Å². The lowest BCUT2D eigenvalue weighted by atomic mass is 10.4. The van der Waals surface area contributed by atoms with Gasteiger partial charge < -0.3 is 11.1 Å². The fraction of sp³-hybridized carbons (Fsp3) is 0.667. The molecular weight excluding hydrogens is 142 g/mol. The first-order chi connectivity index (χ1) is 5.43. The molecule has 0 aromatic carbocycles. The highest BCUT2D eigenvalue weighted by Gasteiger charge is 1.92. The molecule has 0 saturated heterocycles. The predicted octanol–water partition coefficient (Wildman–Crippen LogP) is -0.757. The van der Waals surface area contributed by atoms with E-state index in [1.807, 2.05) is 0 Å². The molecule has 1 aromatic heterocycles. The zero-order valence-electron chi connectivity index (χ0n) is 6.38. The lowest BCUT2D eigenvalue weighted by molar-refractivity contribution is 0.636. The Labute approximate surface area is 65.4 Å². The van der Waals surface area contributed by atoms with Crippen LogP contribution in [0.4, 0.5) is 0 Å². The summed E-state index contributed by atoms with van der Waals surface area (Å²) in [6.07, 6.45) is 2.49. The highest BCUT2D eigenvalue weighted by atomic mass is 15.2. The lowest BCUT2D eigenvalue weighted by Crippen LogP contribution is -2.18. The van der Waals surface area contributed by atoms with Gasteiger partial charge in [0.15, 0.2) is 0 Å². The van der Waals surface area contributed by atoms with E-state index < -0.39 is 0 Å². The van der Waals surface area contributed by atoms with Gasteiger partial charge in [-0.1, -0.05) is 0 Å². The van der Waals surface area contributed by atoms with Gasteiger partial charge in [-0.2, -0.15) is 5.10 Å². The molecule has 1 aromatic rings. The summed E-state index contributed by atoms with van der Waals surface area (Å²) < 4.78 is 0. The van der Waals surface area contributed by atoms with Crippen LogP contribution in [0.2, 0.25) is 0 Å². The normalized spacial score (nSPS) is 10.3. The number of hydrogen-bond donors (Lipinski definition) is 3.